The lowest BCUT2D eigenvalue weighted by Gasteiger charge is -2.15. The molecule has 0 aromatic carbocycles. The van der Waals surface area contributed by atoms with Gasteiger partial charge in [-0.1, -0.05) is 0 Å². The fourth-order valence-electron chi connectivity index (χ4n) is 0.989. The highest BCUT2D eigenvalue weighted by Gasteiger charge is 2.14. The first-order valence-corrected chi connectivity index (χ1v) is 3.83. The molecule has 0 aliphatic heterocycles. The van der Waals surface area contributed by atoms with Crippen LogP contribution < -0.4 is 5.73 Å². The zero-order valence-electron chi connectivity index (χ0n) is 7.23. The maximum absolute atomic E-state index is 9.22. The molecule has 0 aliphatic carbocycles. The Morgan fingerprint density at radius 3 is 2.75 bits per heavy atom. The molecule has 1 rings (SSSR count). The molecule has 66 valence electrons. The van der Waals surface area contributed by atoms with Gasteiger partial charge >= 0.3 is 0 Å². The van der Waals surface area contributed by atoms with E-state index in [9.17, 15) is 5.11 Å². The Kier molecular flexibility index (Phi) is 2.73. The molecule has 0 aliphatic rings. The van der Waals surface area contributed by atoms with Crippen LogP contribution in [0.5, 0.6) is 0 Å². The summed E-state index contributed by atoms with van der Waals surface area (Å²) in [6.45, 7) is 3.50. The minimum Gasteiger partial charge on any atom is -0.391 e. The van der Waals surface area contributed by atoms with E-state index in [0.29, 0.717) is 0 Å². The van der Waals surface area contributed by atoms with E-state index in [1.54, 1.807) is 13.1 Å². The normalized spacial score (nSPS) is 15.7. The molecule has 4 nitrogen and oxygen atoms in total. The van der Waals surface area contributed by atoms with Crippen molar-refractivity contribution in [2.45, 2.75) is 26.0 Å². The van der Waals surface area contributed by atoms with Crippen LogP contribution >= 0.6 is 0 Å². The number of aliphatic hydroxyl groups excluding tert-OH is 1. The Balaban J connectivity index is 2.94. The summed E-state index contributed by atoms with van der Waals surface area (Å²) in [7, 11) is 0. The Morgan fingerprint density at radius 1 is 1.58 bits per heavy atom. The van der Waals surface area contributed by atoms with Crippen molar-refractivity contribution in [2.75, 3.05) is 0 Å². The van der Waals surface area contributed by atoms with Gasteiger partial charge in [-0.25, -0.2) is 9.97 Å². The van der Waals surface area contributed by atoms with E-state index in [1.165, 1.54) is 6.33 Å². The summed E-state index contributed by atoms with van der Waals surface area (Å²) >= 11 is 0. The highest BCUT2D eigenvalue weighted by atomic mass is 16.3. The second-order valence-electron chi connectivity index (χ2n) is 2.83. The molecule has 2 atom stereocenters. The summed E-state index contributed by atoms with van der Waals surface area (Å²) in [5, 5.41) is 9.22. The van der Waals surface area contributed by atoms with Gasteiger partial charge in [0.25, 0.3) is 0 Å². The minimum absolute atomic E-state index is 0.397. The van der Waals surface area contributed by atoms with Crippen LogP contribution in [0.15, 0.2) is 12.5 Å². The van der Waals surface area contributed by atoms with Crippen LogP contribution in [0.3, 0.4) is 0 Å². The smallest absolute Gasteiger partial charge is 0.115 e. The van der Waals surface area contributed by atoms with Crippen molar-refractivity contribution in [3.63, 3.8) is 0 Å². The third-order valence-electron chi connectivity index (χ3n) is 1.83. The van der Waals surface area contributed by atoms with Crippen LogP contribution in [0.1, 0.15) is 24.2 Å². The number of hydrogen-bond acceptors (Lipinski definition) is 4. The van der Waals surface area contributed by atoms with Gasteiger partial charge in [-0.05, 0) is 13.8 Å². The maximum atomic E-state index is 9.22. The Morgan fingerprint density at radius 2 is 2.25 bits per heavy atom. The molecule has 3 N–H and O–H groups in total. The molecule has 4 heteroatoms. The van der Waals surface area contributed by atoms with E-state index in [2.05, 4.69) is 9.97 Å². The van der Waals surface area contributed by atoms with E-state index < -0.39 is 12.1 Å². The zero-order valence-corrected chi connectivity index (χ0v) is 7.23. The third kappa shape index (κ3) is 1.78. The average Bonchev–Trinajstić information content (AvgIpc) is 2.04. The molecule has 1 heterocycles. The lowest BCUT2D eigenvalue weighted by atomic mass is 10.0. The molecule has 0 fully saturated rings. The van der Waals surface area contributed by atoms with Gasteiger partial charge < -0.3 is 10.8 Å². The highest BCUT2D eigenvalue weighted by Crippen LogP contribution is 2.14. The van der Waals surface area contributed by atoms with Crippen molar-refractivity contribution in [1.82, 2.24) is 9.97 Å². The molecular formula is C8H13N3O. The number of nitrogens with two attached hydrogens (primary N) is 1. The summed E-state index contributed by atoms with van der Waals surface area (Å²) in [5.74, 6) is 0. The van der Waals surface area contributed by atoms with Crippen molar-refractivity contribution in [3.8, 4) is 0 Å². The second kappa shape index (κ2) is 3.60. The van der Waals surface area contributed by atoms with Gasteiger partial charge in [0.05, 0.1) is 12.1 Å². The van der Waals surface area contributed by atoms with E-state index in [4.69, 9.17) is 5.73 Å². The number of hydrogen-bond donors (Lipinski definition) is 2. The quantitative estimate of drug-likeness (QED) is 0.658. The van der Waals surface area contributed by atoms with Gasteiger partial charge in [0.15, 0.2) is 0 Å². The molecule has 0 amide bonds. The Hall–Kier alpha value is -1.00. The number of nitrogens with zero attached hydrogens (tertiary/aromatic N) is 2. The monoisotopic (exact) mass is 167 g/mol. The van der Waals surface area contributed by atoms with Crippen LogP contribution in [0.2, 0.25) is 0 Å². The summed E-state index contributed by atoms with van der Waals surface area (Å²) in [4.78, 5) is 7.83. The van der Waals surface area contributed by atoms with Crippen molar-refractivity contribution >= 4 is 0 Å². The van der Waals surface area contributed by atoms with Crippen LogP contribution in [0, 0.1) is 6.92 Å². The van der Waals surface area contributed by atoms with Gasteiger partial charge in [0, 0.05) is 17.5 Å². The highest BCUT2D eigenvalue weighted by molar-refractivity contribution is 5.19. The fraction of sp³-hybridized carbons (Fsp3) is 0.500. The number of rotatable bonds is 2. The molecule has 0 saturated carbocycles. The van der Waals surface area contributed by atoms with E-state index in [-0.39, 0.29) is 0 Å². The first-order valence-electron chi connectivity index (χ1n) is 3.83. The molecule has 0 spiro atoms. The standard InChI is InChI=1S/C8H13N3O/c1-5-7(3-10-4-11-5)8(9)6(2)12/h3-4,6,8,12H,9H2,1-2H3. The van der Waals surface area contributed by atoms with E-state index in [0.717, 1.165) is 11.3 Å². The Labute approximate surface area is 71.5 Å². The SMILES string of the molecule is Cc1ncncc1C(N)C(C)O. The fourth-order valence-corrected chi connectivity index (χ4v) is 0.989. The van der Waals surface area contributed by atoms with E-state index >= 15 is 0 Å². The predicted molar refractivity (Wildman–Crippen MR) is 45.4 cm³/mol. The zero-order chi connectivity index (χ0) is 9.14. The molecule has 1 aromatic heterocycles. The average molecular weight is 167 g/mol. The lowest BCUT2D eigenvalue weighted by Crippen LogP contribution is -2.24. The number of aromatic nitrogens is 2. The van der Waals surface area contributed by atoms with Crippen molar-refractivity contribution in [2.24, 2.45) is 5.73 Å². The van der Waals surface area contributed by atoms with Crippen molar-refractivity contribution in [3.05, 3.63) is 23.8 Å². The van der Waals surface area contributed by atoms with Crippen molar-refractivity contribution in [1.29, 1.82) is 0 Å². The summed E-state index contributed by atoms with van der Waals surface area (Å²) in [5.41, 5.74) is 7.33. The van der Waals surface area contributed by atoms with Crippen LogP contribution in [0.25, 0.3) is 0 Å². The topological polar surface area (TPSA) is 72.0 Å². The second-order valence-corrected chi connectivity index (χ2v) is 2.83. The van der Waals surface area contributed by atoms with Gasteiger partial charge in [0.2, 0.25) is 0 Å². The molecule has 0 saturated heterocycles. The number of aliphatic hydroxyl groups is 1. The minimum atomic E-state index is -0.574. The number of aryl methyl sites for hydroxylation is 1. The van der Waals surface area contributed by atoms with Crippen LogP contribution in [-0.4, -0.2) is 21.2 Å². The lowest BCUT2D eigenvalue weighted by molar-refractivity contribution is 0.163. The van der Waals surface area contributed by atoms with Gasteiger partial charge in [-0.15, -0.1) is 0 Å². The van der Waals surface area contributed by atoms with Crippen molar-refractivity contribution < 1.29 is 5.11 Å². The predicted octanol–water partition coefficient (Wildman–Crippen LogP) is 0.166. The summed E-state index contributed by atoms with van der Waals surface area (Å²) < 4.78 is 0. The van der Waals surface area contributed by atoms with Crippen LogP contribution in [-0.2, 0) is 0 Å². The largest absolute Gasteiger partial charge is 0.391 e. The van der Waals surface area contributed by atoms with Crippen LogP contribution in [0.4, 0.5) is 0 Å². The molecule has 12 heavy (non-hydrogen) atoms. The first-order chi connectivity index (χ1) is 5.63. The summed E-state index contributed by atoms with van der Waals surface area (Å²) in [6, 6.07) is -0.397. The summed E-state index contributed by atoms with van der Waals surface area (Å²) in [6.07, 6.45) is 2.53. The molecular weight excluding hydrogens is 154 g/mol. The molecule has 1 aromatic rings. The third-order valence-corrected chi connectivity index (χ3v) is 1.83. The molecule has 0 bridgehead atoms. The van der Waals surface area contributed by atoms with Gasteiger partial charge in [0.1, 0.15) is 6.33 Å². The van der Waals surface area contributed by atoms with Gasteiger partial charge in [-0.2, -0.15) is 0 Å². The molecule has 2 unspecified atom stereocenters. The van der Waals surface area contributed by atoms with E-state index in [1.807, 2.05) is 6.92 Å². The molecule has 0 radical (unpaired) electrons. The Bertz CT molecular complexity index is 262. The maximum Gasteiger partial charge on any atom is 0.115 e. The van der Waals surface area contributed by atoms with Gasteiger partial charge in [-0.3, -0.25) is 0 Å². The first kappa shape index (κ1) is 9.09.